The highest BCUT2D eigenvalue weighted by Gasteiger charge is 1.99. The van der Waals surface area contributed by atoms with E-state index in [0.717, 1.165) is 25.3 Å². The number of hydrogen-bond donors (Lipinski definition) is 0. The highest BCUT2D eigenvalue weighted by atomic mass is 15.1. The number of rotatable bonds is 5. The van der Waals surface area contributed by atoms with Crippen LogP contribution < -0.4 is 0 Å². The summed E-state index contributed by atoms with van der Waals surface area (Å²) in [5, 5.41) is 0. The van der Waals surface area contributed by atoms with Crippen molar-refractivity contribution in [1.29, 1.82) is 0 Å². The summed E-state index contributed by atoms with van der Waals surface area (Å²) in [4.78, 5) is 2.34. The van der Waals surface area contributed by atoms with Crippen molar-refractivity contribution in [2.75, 3.05) is 20.1 Å². The van der Waals surface area contributed by atoms with Crippen LogP contribution in [-0.2, 0) is 0 Å². The van der Waals surface area contributed by atoms with Crippen LogP contribution >= 0.6 is 0 Å². The molecule has 0 radical (unpaired) electrons. The lowest BCUT2D eigenvalue weighted by atomic mass is 10.2. The van der Waals surface area contributed by atoms with E-state index in [9.17, 15) is 0 Å². The number of unbranched alkanes of at least 4 members (excludes halogenated alkanes) is 1. The molecule has 0 aliphatic carbocycles. The molecule has 0 aromatic carbocycles. The zero-order valence-electron chi connectivity index (χ0n) is 7.93. The summed E-state index contributed by atoms with van der Waals surface area (Å²) in [5.41, 5.74) is 0. The van der Waals surface area contributed by atoms with E-state index in [4.69, 9.17) is 6.42 Å². The second-order valence-corrected chi connectivity index (χ2v) is 3.46. The summed E-state index contributed by atoms with van der Waals surface area (Å²) >= 11 is 0. The number of nitrogens with zero attached hydrogens (tertiary/aromatic N) is 1. The van der Waals surface area contributed by atoms with E-state index >= 15 is 0 Å². The topological polar surface area (TPSA) is 3.24 Å². The number of terminal acetylenes is 1. The first-order valence-corrected chi connectivity index (χ1v) is 4.28. The molecule has 0 saturated carbocycles. The predicted octanol–water partition coefficient (Wildman–Crippen LogP) is 1.99. The molecule has 0 saturated heterocycles. The largest absolute Gasteiger partial charge is 0.306 e. The molecule has 0 unspecified atom stereocenters. The van der Waals surface area contributed by atoms with Gasteiger partial charge in [-0.2, -0.15) is 0 Å². The van der Waals surface area contributed by atoms with Gasteiger partial charge >= 0.3 is 0 Å². The molecule has 0 aliphatic rings. The van der Waals surface area contributed by atoms with E-state index in [1.165, 1.54) is 6.54 Å². The first kappa shape index (κ1) is 10.5. The molecule has 1 heteroatoms. The fourth-order valence-electron chi connectivity index (χ4n) is 1.17. The van der Waals surface area contributed by atoms with E-state index in [-0.39, 0.29) is 0 Å². The Balaban J connectivity index is 3.24. The Kier molecular flexibility index (Phi) is 5.97. The fourth-order valence-corrected chi connectivity index (χ4v) is 1.17. The second-order valence-electron chi connectivity index (χ2n) is 3.46. The van der Waals surface area contributed by atoms with Gasteiger partial charge < -0.3 is 4.90 Å². The summed E-state index contributed by atoms with van der Waals surface area (Å²) in [6.45, 7) is 6.77. The monoisotopic (exact) mass is 153 g/mol. The molecule has 0 N–H and O–H groups in total. The third-order valence-corrected chi connectivity index (χ3v) is 1.54. The molecule has 0 spiro atoms. The van der Waals surface area contributed by atoms with Crippen molar-refractivity contribution in [3.05, 3.63) is 0 Å². The minimum Gasteiger partial charge on any atom is -0.306 e. The SMILES string of the molecule is C#CCCCN(C)CC(C)C. The van der Waals surface area contributed by atoms with Crippen LogP contribution in [0.25, 0.3) is 0 Å². The third-order valence-electron chi connectivity index (χ3n) is 1.54. The Morgan fingerprint density at radius 3 is 2.55 bits per heavy atom. The van der Waals surface area contributed by atoms with Gasteiger partial charge in [-0.3, -0.25) is 0 Å². The van der Waals surface area contributed by atoms with Crippen LogP contribution in [0.1, 0.15) is 26.7 Å². The first-order chi connectivity index (χ1) is 5.16. The summed E-state index contributed by atoms with van der Waals surface area (Å²) in [5.74, 6) is 3.41. The first-order valence-electron chi connectivity index (χ1n) is 4.28. The molecule has 0 aromatic rings. The molecule has 64 valence electrons. The van der Waals surface area contributed by atoms with Crippen molar-refractivity contribution in [1.82, 2.24) is 4.90 Å². The third kappa shape index (κ3) is 7.42. The van der Waals surface area contributed by atoms with Crippen LogP contribution in [0.5, 0.6) is 0 Å². The van der Waals surface area contributed by atoms with E-state index in [0.29, 0.717) is 0 Å². The Morgan fingerprint density at radius 1 is 1.45 bits per heavy atom. The maximum atomic E-state index is 5.15. The molecule has 0 aliphatic heterocycles. The Hall–Kier alpha value is -0.480. The smallest absolute Gasteiger partial charge is 0.00982 e. The van der Waals surface area contributed by atoms with Gasteiger partial charge in [-0.05, 0) is 25.9 Å². The van der Waals surface area contributed by atoms with Gasteiger partial charge in [-0.1, -0.05) is 13.8 Å². The predicted molar refractivity (Wildman–Crippen MR) is 50.4 cm³/mol. The standard InChI is InChI=1S/C10H19N/c1-5-6-7-8-11(4)9-10(2)3/h1,10H,6-9H2,2-4H3. The van der Waals surface area contributed by atoms with Crippen molar-refractivity contribution in [3.63, 3.8) is 0 Å². The quantitative estimate of drug-likeness (QED) is 0.431. The average Bonchev–Trinajstić information content (AvgIpc) is 1.86. The van der Waals surface area contributed by atoms with E-state index in [1.54, 1.807) is 0 Å². The van der Waals surface area contributed by atoms with Crippen LogP contribution in [0.15, 0.2) is 0 Å². The van der Waals surface area contributed by atoms with Gasteiger partial charge in [0.15, 0.2) is 0 Å². The van der Waals surface area contributed by atoms with E-state index in [2.05, 4.69) is 31.7 Å². The van der Waals surface area contributed by atoms with Crippen molar-refractivity contribution < 1.29 is 0 Å². The molecule has 11 heavy (non-hydrogen) atoms. The molecule has 0 fully saturated rings. The molecule has 0 heterocycles. The van der Waals surface area contributed by atoms with Crippen LogP contribution in [0.2, 0.25) is 0 Å². The van der Waals surface area contributed by atoms with Gasteiger partial charge in [-0.15, -0.1) is 12.3 Å². The lowest BCUT2D eigenvalue weighted by molar-refractivity contribution is 0.293. The van der Waals surface area contributed by atoms with Crippen LogP contribution in [0, 0.1) is 18.3 Å². The van der Waals surface area contributed by atoms with E-state index in [1.807, 2.05) is 0 Å². The highest BCUT2D eigenvalue weighted by Crippen LogP contribution is 1.97. The van der Waals surface area contributed by atoms with Crippen LogP contribution in [0.3, 0.4) is 0 Å². The molecule has 0 rings (SSSR count). The van der Waals surface area contributed by atoms with Gasteiger partial charge in [0.1, 0.15) is 0 Å². The summed E-state index contributed by atoms with van der Waals surface area (Å²) in [6.07, 6.45) is 7.18. The Morgan fingerprint density at radius 2 is 2.09 bits per heavy atom. The molecule has 0 atom stereocenters. The molecular weight excluding hydrogens is 134 g/mol. The van der Waals surface area contributed by atoms with Gasteiger partial charge in [0.05, 0.1) is 0 Å². The van der Waals surface area contributed by atoms with Crippen molar-refractivity contribution >= 4 is 0 Å². The fraction of sp³-hybridized carbons (Fsp3) is 0.800. The van der Waals surface area contributed by atoms with Crippen molar-refractivity contribution in [3.8, 4) is 12.3 Å². The molecular formula is C10H19N. The molecule has 0 bridgehead atoms. The Bertz CT molecular complexity index is 121. The zero-order chi connectivity index (χ0) is 8.69. The summed E-state index contributed by atoms with van der Waals surface area (Å²) < 4.78 is 0. The van der Waals surface area contributed by atoms with Crippen LogP contribution in [0.4, 0.5) is 0 Å². The van der Waals surface area contributed by atoms with Crippen molar-refractivity contribution in [2.45, 2.75) is 26.7 Å². The van der Waals surface area contributed by atoms with Gasteiger partial charge in [0.2, 0.25) is 0 Å². The number of hydrogen-bond acceptors (Lipinski definition) is 1. The normalized spacial score (nSPS) is 10.5. The minimum atomic E-state index is 0.755. The maximum absolute atomic E-state index is 5.15. The van der Waals surface area contributed by atoms with E-state index < -0.39 is 0 Å². The average molecular weight is 153 g/mol. The lowest BCUT2D eigenvalue weighted by Crippen LogP contribution is -2.24. The zero-order valence-corrected chi connectivity index (χ0v) is 7.93. The minimum absolute atomic E-state index is 0.755. The summed E-state index contributed by atoms with van der Waals surface area (Å²) in [7, 11) is 2.15. The van der Waals surface area contributed by atoms with Gasteiger partial charge in [0, 0.05) is 13.0 Å². The highest BCUT2D eigenvalue weighted by molar-refractivity contribution is 4.83. The van der Waals surface area contributed by atoms with Gasteiger partial charge in [-0.25, -0.2) is 0 Å². The van der Waals surface area contributed by atoms with Crippen molar-refractivity contribution in [2.24, 2.45) is 5.92 Å². The molecule has 0 aromatic heterocycles. The summed E-state index contributed by atoms with van der Waals surface area (Å²) in [6, 6.07) is 0. The van der Waals surface area contributed by atoms with Crippen LogP contribution in [-0.4, -0.2) is 25.0 Å². The second kappa shape index (κ2) is 6.24. The molecule has 0 amide bonds. The lowest BCUT2D eigenvalue weighted by Gasteiger charge is -2.17. The van der Waals surface area contributed by atoms with Gasteiger partial charge in [0.25, 0.3) is 0 Å². The Labute approximate surface area is 70.8 Å². The maximum Gasteiger partial charge on any atom is 0.00982 e. The molecule has 1 nitrogen and oxygen atoms in total.